The highest BCUT2D eigenvalue weighted by Crippen LogP contribution is 2.49. The normalized spacial score (nSPS) is 17.2. The average Bonchev–Trinajstić information content (AvgIpc) is 2.76. The summed E-state index contributed by atoms with van der Waals surface area (Å²) >= 11 is 0. The van der Waals surface area contributed by atoms with Crippen molar-refractivity contribution < 1.29 is 20.1 Å². The summed E-state index contributed by atoms with van der Waals surface area (Å²) in [6, 6.07) is 9.38. The van der Waals surface area contributed by atoms with E-state index in [1.165, 1.54) is 11.1 Å². The number of phenols is 2. The molecule has 9 heteroatoms. The first-order chi connectivity index (χ1) is 15.2. The molecule has 9 nitrogen and oxygen atoms in total. The van der Waals surface area contributed by atoms with Crippen LogP contribution in [0, 0.1) is 0 Å². The summed E-state index contributed by atoms with van der Waals surface area (Å²) in [5.74, 6) is -1.01. The topological polar surface area (TPSA) is 171 Å². The highest BCUT2D eigenvalue weighted by Gasteiger charge is 2.34. The highest BCUT2D eigenvalue weighted by molar-refractivity contribution is 5.82. The van der Waals surface area contributed by atoms with Gasteiger partial charge in [-0.15, -0.1) is 0 Å². The van der Waals surface area contributed by atoms with Gasteiger partial charge >= 0.3 is 5.97 Å². The second-order valence-corrected chi connectivity index (χ2v) is 8.19. The second-order valence-electron chi connectivity index (χ2n) is 8.19. The lowest BCUT2D eigenvalue weighted by Crippen LogP contribution is -2.35. The van der Waals surface area contributed by atoms with Crippen LogP contribution in [0.25, 0.3) is 11.1 Å². The molecule has 172 valence electrons. The van der Waals surface area contributed by atoms with Crippen LogP contribution in [0.1, 0.15) is 35.6 Å². The molecule has 1 heterocycles. The Morgan fingerprint density at radius 3 is 2.66 bits per heavy atom. The molecule has 0 amide bonds. The number of hydrogen-bond acceptors (Lipinski definition) is 6. The zero-order valence-corrected chi connectivity index (χ0v) is 18.2. The van der Waals surface area contributed by atoms with Gasteiger partial charge in [-0.1, -0.05) is 24.3 Å². The van der Waals surface area contributed by atoms with E-state index in [1.807, 2.05) is 6.07 Å². The molecule has 0 saturated carbocycles. The number of aliphatic imine (C=N–C) groups is 1. The Labute approximate surface area is 187 Å². The van der Waals surface area contributed by atoms with Gasteiger partial charge in [0.1, 0.15) is 6.04 Å². The van der Waals surface area contributed by atoms with Gasteiger partial charge < -0.3 is 32.5 Å². The molecule has 2 aromatic rings. The average molecular weight is 442 g/mol. The van der Waals surface area contributed by atoms with Crippen LogP contribution < -0.4 is 17.2 Å². The predicted molar refractivity (Wildman–Crippen MR) is 124 cm³/mol. The van der Waals surface area contributed by atoms with Crippen LogP contribution >= 0.6 is 0 Å². The first kappa shape index (κ1) is 23.4. The minimum atomic E-state index is -1.00. The fourth-order valence-corrected chi connectivity index (χ4v) is 4.32. The SMILES string of the molecule is CN1CCc2cccc3c2[C@H]1Cc1ccc(O)c(O)c1-3.NC(N)=NCCC[C@H](N)C(=O)O. The lowest BCUT2D eigenvalue weighted by Gasteiger charge is -2.39. The van der Waals surface area contributed by atoms with E-state index in [4.69, 9.17) is 22.3 Å². The van der Waals surface area contributed by atoms with E-state index in [2.05, 4.69) is 35.1 Å². The third-order valence-corrected chi connectivity index (χ3v) is 6.01. The molecular weight excluding hydrogens is 410 g/mol. The van der Waals surface area contributed by atoms with Crippen molar-refractivity contribution in [1.29, 1.82) is 0 Å². The quantitative estimate of drug-likeness (QED) is 0.174. The van der Waals surface area contributed by atoms with Crippen molar-refractivity contribution in [2.24, 2.45) is 22.2 Å². The van der Waals surface area contributed by atoms with Crippen molar-refractivity contribution >= 4 is 11.9 Å². The molecule has 0 saturated heterocycles. The lowest BCUT2D eigenvalue weighted by molar-refractivity contribution is -0.138. The Morgan fingerprint density at radius 1 is 1.22 bits per heavy atom. The Morgan fingerprint density at radius 2 is 1.97 bits per heavy atom. The summed E-state index contributed by atoms with van der Waals surface area (Å²) in [4.78, 5) is 16.3. The first-order valence-corrected chi connectivity index (χ1v) is 10.6. The van der Waals surface area contributed by atoms with Gasteiger partial charge in [0.15, 0.2) is 17.5 Å². The number of carboxylic acids is 1. The Bertz CT molecular complexity index is 1020. The fraction of sp³-hybridized carbons (Fsp3) is 0.391. The van der Waals surface area contributed by atoms with Gasteiger partial charge in [0.2, 0.25) is 0 Å². The zero-order chi connectivity index (χ0) is 23.4. The molecule has 4 rings (SSSR count). The molecule has 2 aliphatic rings. The number of aliphatic carboxylic acids is 1. The van der Waals surface area contributed by atoms with Crippen LogP contribution in [-0.2, 0) is 17.6 Å². The summed E-state index contributed by atoms with van der Waals surface area (Å²) in [6.07, 6.45) is 2.90. The molecule has 2 atom stereocenters. The number of likely N-dealkylation sites (N-methyl/N-ethyl adjacent to an activating group) is 1. The largest absolute Gasteiger partial charge is 0.504 e. The van der Waals surface area contributed by atoms with Gasteiger partial charge in [0.25, 0.3) is 0 Å². The van der Waals surface area contributed by atoms with E-state index in [9.17, 15) is 15.0 Å². The van der Waals surface area contributed by atoms with Crippen LogP contribution in [0.3, 0.4) is 0 Å². The Kier molecular flexibility index (Phi) is 7.22. The molecule has 2 aromatic carbocycles. The number of carbonyl (C=O) groups is 1. The van der Waals surface area contributed by atoms with Crippen molar-refractivity contribution in [3.05, 3.63) is 47.0 Å². The maximum absolute atomic E-state index is 10.3. The van der Waals surface area contributed by atoms with Gasteiger partial charge in [0.05, 0.1) is 0 Å². The molecule has 0 radical (unpaired) electrons. The Balaban J connectivity index is 0.000000210. The van der Waals surface area contributed by atoms with Gasteiger partial charge in [-0.05, 0) is 61.1 Å². The van der Waals surface area contributed by atoms with Crippen LogP contribution in [-0.4, -0.2) is 58.3 Å². The lowest BCUT2D eigenvalue weighted by atomic mass is 9.77. The van der Waals surface area contributed by atoms with Gasteiger partial charge in [-0.2, -0.15) is 0 Å². The molecular formula is C23H31N5O4. The summed E-state index contributed by atoms with van der Waals surface area (Å²) in [5, 5.41) is 28.4. The molecule has 0 unspecified atom stereocenters. The van der Waals surface area contributed by atoms with E-state index < -0.39 is 12.0 Å². The van der Waals surface area contributed by atoms with Crippen molar-refractivity contribution in [1.82, 2.24) is 4.90 Å². The third-order valence-electron chi connectivity index (χ3n) is 6.01. The number of hydrogen-bond donors (Lipinski definition) is 6. The minimum Gasteiger partial charge on any atom is -0.504 e. The van der Waals surface area contributed by atoms with Crippen molar-refractivity contribution in [2.75, 3.05) is 20.1 Å². The molecule has 0 fully saturated rings. The highest BCUT2D eigenvalue weighted by atomic mass is 16.4. The Hall–Kier alpha value is -3.30. The molecule has 0 bridgehead atoms. The van der Waals surface area contributed by atoms with E-state index in [0.29, 0.717) is 25.4 Å². The van der Waals surface area contributed by atoms with E-state index >= 15 is 0 Å². The number of benzene rings is 2. The summed E-state index contributed by atoms with van der Waals surface area (Å²) in [7, 11) is 2.16. The smallest absolute Gasteiger partial charge is 0.320 e. The molecule has 9 N–H and O–H groups in total. The number of nitrogens with zero attached hydrogens (tertiary/aromatic N) is 2. The number of guanidine groups is 1. The molecule has 1 aliphatic heterocycles. The van der Waals surface area contributed by atoms with Crippen LogP contribution in [0.5, 0.6) is 11.5 Å². The van der Waals surface area contributed by atoms with Crippen LogP contribution in [0.15, 0.2) is 35.3 Å². The standard InChI is InChI=1S/C17H17NO2.C6H14N4O2/c1-18-8-7-10-3-2-4-12-15(10)13(18)9-11-5-6-14(19)17(20)16(11)12;7-4(5(11)12)2-1-3-10-6(8)9/h2-6,13,19-20H,7-9H2,1H3;4H,1-3,7H2,(H,11,12)(H4,8,9,10)/t13-;4-/m10/s1. The predicted octanol–water partition coefficient (Wildman–Crippen LogP) is 1.30. The number of fused-ring (bicyclic) bond motifs is 2. The van der Waals surface area contributed by atoms with Crippen molar-refractivity contribution in [2.45, 2.75) is 37.8 Å². The van der Waals surface area contributed by atoms with Crippen molar-refractivity contribution in [3.8, 4) is 22.6 Å². The monoisotopic (exact) mass is 441 g/mol. The number of aromatic hydroxyl groups is 2. The summed E-state index contributed by atoms with van der Waals surface area (Å²) in [5.41, 5.74) is 21.0. The molecule has 1 aliphatic carbocycles. The number of phenolic OH excluding ortho intramolecular Hbond substituents is 2. The van der Waals surface area contributed by atoms with Crippen LogP contribution in [0.4, 0.5) is 0 Å². The molecule has 0 spiro atoms. The number of rotatable bonds is 5. The van der Waals surface area contributed by atoms with Crippen LogP contribution in [0.2, 0.25) is 0 Å². The maximum Gasteiger partial charge on any atom is 0.320 e. The summed E-state index contributed by atoms with van der Waals surface area (Å²) in [6.45, 7) is 1.49. The van der Waals surface area contributed by atoms with E-state index in [0.717, 1.165) is 36.1 Å². The van der Waals surface area contributed by atoms with E-state index in [1.54, 1.807) is 6.07 Å². The van der Waals surface area contributed by atoms with Gasteiger partial charge in [-0.25, -0.2) is 0 Å². The van der Waals surface area contributed by atoms with Gasteiger partial charge in [0, 0.05) is 24.7 Å². The number of nitrogens with two attached hydrogens (primary N) is 3. The molecule has 0 aromatic heterocycles. The maximum atomic E-state index is 10.3. The van der Waals surface area contributed by atoms with E-state index in [-0.39, 0.29) is 17.5 Å². The zero-order valence-electron chi connectivity index (χ0n) is 18.2. The first-order valence-electron chi connectivity index (χ1n) is 10.6. The fourth-order valence-electron chi connectivity index (χ4n) is 4.32. The minimum absolute atomic E-state index is 0.0129. The molecule has 32 heavy (non-hydrogen) atoms. The second kappa shape index (κ2) is 9.88. The third kappa shape index (κ3) is 4.95. The van der Waals surface area contributed by atoms with Crippen molar-refractivity contribution in [3.63, 3.8) is 0 Å². The number of carboxylic acid groups (broad SMARTS) is 1. The van der Waals surface area contributed by atoms with Gasteiger partial charge in [-0.3, -0.25) is 14.7 Å². The summed E-state index contributed by atoms with van der Waals surface area (Å²) < 4.78 is 0.